The lowest BCUT2D eigenvalue weighted by molar-refractivity contribution is 0.551. The fourth-order valence-corrected chi connectivity index (χ4v) is 5.29. The molecule has 3 rings (SSSR count). The SMILES string of the molecule is O=S(=O)(N[C@H](CCSc1nncs1)c1ccccc1)c1ccc(Cl)cc1. The number of benzene rings is 2. The highest BCUT2D eigenvalue weighted by Crippen LogP contribution is 2.26. The topological polar surface area (TPSA) is 72.0 Å². The van der Waals surface area contributed by atoms with Gasteiger partial charge in [0, 0.05) is 16.8 Å². The van der Waals surface area contributed by atoms with Gasteiger partial charge in [-0.3, -0.25) is 0 Å². The molecule has 1 aromatic heterocycles. The molecule has 136 valence electrons. The van der Waals surface area contributed by atoms with Crippen LogP contribution in [-0.4, -0.2) is 24.4 Å². The van der Waals surface area contributed by atoms with Gasteiger partial charge in [0.15, 0.2) is 4.34 Å². The third-order valence-corrected chi connectivity index (χ3v) is 7.23. The van der Waals surface area contributed by atoms with Crippen LogP contribution < -0.4 is 4.72 Å². The van der Waals surface area contributed by atoms with Gasteiger partial charge in [-0.15, -0.1) is 10.2 Å². The van der Waals surface area contributed by atoms with Gasteiger partial charge >= 0.3 is 0 Å². The average molecular weight is 426 g/mol. The third-order valence-electron chi connectivity index (χ3n) is 3.60. The summed E-state index contributed by atoms with van der Waals surface area (Å²) in [5.74, 6) is 0.720. The van der Waals surface area contributed by atoms with E-state index in [1.165, 1.54) is 23.5 Å². The fraction of sp³-hybridized carbons (Fsp3) is 0.176. The quantitative estimate of drug-likeness (QED) is 0.542. The molecule has 1 atom stereocenters. The van der Waals surface area contributed by atoms with E-state index in [4.69, 9.17) is 11.6 Å². The second kappa shape index (κ2) is 8.96. The van der Waals surface area contributed by atoms with Gasteiger partial charge in [-0.25, -0.2) is 13.1 Å². The summed E-state index contributed by atoms with van der Waals surface area (Å²) in [7, 11) is -3.65. The zero-order chi connectivity index (χ0) is 18.4. The van der Waals surface area contributed by atoms with Gasteiger partial charge in [0.05, 0.1) is 4.90 Å². The lowest BCUT2D eigenvalue weighted by Gasteiger charge is -2.19. The molecule has 0 saturated heterocycles. The maximum atomic E-state index is 12.7. The molecule has 1 N–H and O–H groups in total. The molecular weight excluding hydrogens is 410 g/mol. The molecule has 0 spiro atoms. The summed E-state index contributed by atoms with van der Waals surface area (Å²) >= 11 is 8.89. The van der Waals surface area contributed by atoms with E-state index in [1.54, 1.807) is 29.4 Å². The largest absolute Gasteiger partial charge is 0.241 e. The van der Waals surface area contributed by atoms with Crippen LogP contribution in [0.3, 0.4) is 0 Å². The molecule has 0 amide bonds. The first-order valence-electron chi connectivity index (χ1n) is 7.76. The van der Waals surface area contributed by atoms with Crippen LogP contribution >= 0.6 is 34.7 Å². The Morgan fingerprint density at radius 2 is 1.85 bits per heavy atom. The minimum absolute atomic E-state index is 0.194. The van der Waals surface area contributed by atoms with E-state index in [0.717, 1.165) is 15.7 Å². The van der Waals surface area contributed by atoms with Gasteiger partial charge in [0.2, 0.25) is 10.0 Å². The number of hydrogen-bond donors (Lipinski definition) is 1. The average Bonchev–Trinajstić information content (AvgIpc) is 3.15. The molecule has 0 radical (unpaired) electrons. The van der Waals surface area contributed by atoms with Gasteiger partial charge < -0.3 is 0 Å². The van der Waals surface area contributed by atoms with Crippen LogP contribution in [0.25, 0.3) is 0 Å². The van der Waals surface area contributed by atoms with E-state index >= 15 is 0 Å². The molecule has 0 aliphatic rings. The summed E-state index contributed by atoms with van der Waals surface area (Å²) in [6, 6.07) is 15.4. The maximum absolute atomic E-state index is 12.7. The first-order chi connectivity index (χ1) is 12.5. The molecule has 0 aliphatic carbocycles. The van der Waals surface area contributed by atoms with E-state index in [0.29, 0.717) is 11.4 Å². The summed E-state index contributed by atoms with van der Waals surface area (Å²) in [6.45, 7) is 0. The van der Waals surface area contributed by atoms with Crippen molar-refractivity contribution in [1.82, 2.24) is 14.9 Å². The van der Waals surface area contributed by atoms with Crippen molar-refractivity contribution in [3.05, 3.63) is 70.7 Å². The van der Waals surface area contributed by atoms with Crippen LogP contribution in [0.4, 0.5) is 0 Å². The number of halogens is 1. The molecule has 0 saturated carbocycles. The van der Waals surface area contributed by atoms with Crippen LogP contribution in [0.5, 0.6) is 0 Å². The Kier molecular flexibility index (Phi) is 6.66. The van der Waals surface area contributed by atoms with Gasteiger partial charge in [-0.05, 0) is 36.2 Å². The summed E-state index contributed by atoms with van der Waals surface area (Å²) in [4.78, 5) is 0.194. The van der Waals surface area contributed by atoms with Crippen molar-refractivity contribution in [2.24, 2.45) is 0 Å². The van der Waals surface area contributed by atoms with Crippen LogP contribution in [0.2, 0.25) is 5.02 Å². The van der Waals surface area contributed by atoms with Crippen molar-refractivity contribution in [1.29, 1.82) is 0 Å². The molecular formula is C17H16ClN3O2S3. The van der Waals surface area contributed by atoms with Crippen LogP contribution in [0, 0.1) is 0 Å². The van der Waals surface area contributed by atoms with E-state index in [2.05, 4.69) is 14.9 Å². The Morgan fingerprint density at radius 3 is 2.50 bits per heavy atom. The summed E-state index contributed by atoms with van der Waals surface area (Å²) in [5.41, 5.74) is 2.60. The highest BCUT2D eigenvalue weighted by Gasteiger charge is 2.21. The predicted octanol–water partition coefficient (Wildman–Crippen LogP) is 4.39. The number of thioether (sulfide) groups is 1. The van der Waals surface area contributed by atoms with Crippen molar-refractivity contribution in [2.75, 3.05) is 5.75 Å². The Bertz CT molecular complexity index is 918. The molecule has 9 heteroatoms. The number of hydrogen-bond acceptors (Lipinski definition) is 6. The van der Waals surface area contributed by atoms with Crippen molar-refractivity contribution in [3.63, 3.8) is 0 Å². The molecule has 3 aromatic rings. The minimum atomic E-state index is -3.65. The van der Waals surface area contributed by atoms with Gasteiger partial charge in [0.25, 0.3) is 0 Å². The second-order valence-electron chi connectivity index (χ2n) is 5.38. The van der Waals surface area contributed by atoms with Gasteiger partial charge in [-0.2, -0.15) is 0 Å². The highest BCUT2D eigenvalue weighted by molar-refractivity contribution is 8.00. The van der Waals surface area contributed by atoms with Gasteiger partial charge in [-0.1, -0.05) is 65.0 Å². The smallest absolute Gasteiger partial charge is 0.207 e. The van der Waals surface area contributed by atoms with Gasteiger partial charge in [0.1, 0.15) is 5.51 Å². The Balaban J connectivity index is 1.75. The number of rotatable bonds is 8. The summed E-state index contributed by atoms with van der Waals surface area (Å²) in [6.07, 6.45) is 0.626. The van der Waals surface area contributed by atoms with Crippen molar-refractivity contribution >= 4 is 44.7 Å². The molecule has 5 nitrogen and oxygen atoms in total. The molecule has 1 heterocycles. The summed E-state index contributed by atoms with van der Waals surface area (Å²) in [5, 5.41) is 8.30. The fourth-order valence-electron chi connectivity index (χ4n) is 2.34. The zero-order valence-electron chi connectivity index (χ0n) is 13.6. The zero-order valence-corrected chi connectivity index (χ0v) is 16.8. The molecule has 0 aliphatic heterocycles. The first kappa shape index (κ1) is 19.3. The number of nitrogens with zero attached hydrogens (tertiary/aromatic N) is 2. The Hall–Kier alpha value is -1.45. The normalized spacial score (nSPS) is 12.8. The number of nitrogens with one attached hydrogen (secondary N) is 1. The number of sulfonamides is 1. The van der Waals surface area contributed by atoms with E-state index in [1.807, 2.05) is 30.3 Å². The van der Waals surface area contributed by atoms with Crippen LogP contribution in [-0.2, 0) is 10.0 Å². The van der Waals surface area contributed by atoms with Crippen molar-refractivity contribution < 1.29 is 8.42 Å². The van der Waals surface area contributed by atoms with Crippen LogP contribution in [0.1, 0.15) is 18.0 Å². The molecule has 0 unspecified atom stereocenters. The first-order valence-corrected chi connectivity index (χ1v) is 11.5. The highest BCUT2D eigenvalue weighted by atomic mass is 35.5. The lowest BCUT2D eigenvalue weighted by atomic mass is 10.1. The minimum Gasteiger partial charge on any atom is -0.207 e. The lowest BCUT2D eigenvalue weighted by Crippen LogP contribution is -2.29. The molecule has 0 bridgehead atoms. The monoisotopic (exact) mass is 425 g/mol. The van der Waals surface area contributed by atoms with E-state index in [-0.39, 0.29) is 10.9 Å². The second-order valence-corrected chi connectivity index (χ2v) is 9.71. The van der Waals surface area contributed by atoms with Crippen LogP contribution in [0.15, 0.2) is 69.3 Å². The Morgan fingerprint density at radius 1 is 1.12 bits per heavy atom. The Labute approximate surface area is 165 Å². The third kappa shape index (κ3) is 5.28. The van der Waals surface area contributed by atoms with Crippen molar-refractivity contribution in [3.8, 4) is 0 Å². The standard InChI is InChI=1S/C17H16ClN3O2S3/c18-14-6-8-15(9-7-14)26(22,23)21-16(13-4-2-1-3-5-13)10-11-24-17-20-19-12-25-17/h1-9,12,16,21H,10-11H2/t16-/m1/s1. The predicted molar refractivity (Wildman–Crippen MR) is 106 cm³/mol. The van der Waals surface area contributed by atoms with E-state index in [9.17, 15) is 8.42 Å². The van der Waals surface area contributed by atoms with E-state index < -0.39 is 10.0 Å². The summed E-state index contributed by atoms with van der Waals surface area (Å²) < 4.78 is 29.2. The number of aromatic nitrogens is 2. The molecule has 0 fully saturated rings. The maximum Gasteiger partial charge on any atom is 0.241 e. The molecule has 26 heavy (non-hydrogen) atoms. The van der Waals surface area contributed by atoms with Crippen molar-refractivity contribution in [2.45, 2.75) is 21.7 Å². The molecule has 2 aromatic carbocycles.